The molecule has 1 aromatic carbocycles. The molecule has 0 atom stereocenters. The van der Waals surface area contributed by atoms with E-state index < -0.39 is 30.9 Å². The summed E-state index contributed by atoms with van der Waals surface area (Å²) in [5, 5.41) is 17.4. The molecule has 0 aliphatic rings. The second kappa shape index (κ2) is 5.99. The van der Waals surface area contributed by atoms with E-state index in [0.717, 1.165) is 10.5 Å². The zero-order valence-electron chi connectivity index (χ0n) is 10.7. The van der Waals surface area contributed by atoms with Gasteiger partial charge in [0.05, 0.1) is 0 Å². The Bertz CT molecular complexity index is 508. The molecule has 0 heterocycles. The molecule has 1 rings (SSSR count). The van der Waals surface area contributed by atoms with Crippen LogP contribution in [0.4, 0.5) is 0 Å². The number of hydrogen-bond acceptors (Lipinski definition) is 3. The Morgan fingerprint density at radius 3 is 2.00 bits per heavy atom. The summed E-state index contributed by atoms with van der Waals surface area (Å²) in [6, 6.07) is 5.08. The normalized spacial score (nSPS) is 10.0. The first-order valence-corrected chi connectivity index (χ1v) is 5.61. The SMILES string of the molecule is Cc1ccc(C(=O)N(CC(=O)O)CC(=O)O)c(C)c1. The number of amides is 1. The van der Waals surface area contributed by atoms with Crippen LogP contribution in [0.5, 0.6) is 0 Å². The maximum atomic E-state index is 12.1. The molecule has 0 spiro atoms. The van der Waals surface area contributed by atoms with Crippen molar-refractivity contribution in [3.8, 4) is 0 Å². The van der Waals surface area contributed by atoms with Gasteiger partial charge in [-0.2, -0.15) is 0 Å². The zero-order chi connectivity index (χ0) is 14.6. The molecule has 6 heteroatoms. The van der Waals surface area contributed by atoms with Crippen LogP contribution in [0.25, 0.3) is 0 Å². The van der Waals surface area contributed by atoms with Crippen LogP contribution in [0.1, 0.15) is 21.5 Å². The number of aliphatic carboxylic acids is 2. The molecule has 0 fully saturated rings. The Morgan fingerprint density at radius 1 is 1.05 bits per heavy atom. The smallest absolute Gasteiger partial charge is 0.323 e. The maximum Gasteiger partial charge on any atom is 0.323 e. The highest BCUT2D eigenvalue weighted by molar-refractivity contribution is 5.98. The molecule has 1 aromatic rings. The largest absolute Gasteiger partial charge is 0.480 e. The highest BCUT2D eigenvalue weighted by atomic mass is 16.4. The van der Waals surface area contributed by atoms with E-state index in [-0.39, 0.29) is 0 Å². The number of carboxylic acid groups (broad SMARTS) is 2. The summed E-state index contributed by atoms with van der Waals surface area (Å²) in [5.41, 5.74) is 1.97. The van der Waals surface area contributed by atoms with Gasteiger partial charge in [-0.25, -0.2) is 0 Å². The van der Waals surface area contributed by atoms with Crippen LogP contribution in [0.15, 0.2) is 18.2 Å². The van der Waals surface area contributed by atoms with Crippen LogP contribution in [0.3, 0.4) is 0 Å². The Morgan fingerprint density at radius 2 is 1.58 bits per heavy atom. The van der Waals surface area contributed by atoms with Crippen molar-refractivity contribution < 1.29 is 24.6 Å². The highest BCUT2D eigenvalue weighted by Gasteiger charge is 2.22. The number of carbonyl (C=O) groups is 3. The first-order chi connectivity index (χ1) is 8.81. The van der Waals surface area contributed by atoms with Crippen molar-refractivity contribution in [3.05, 3.63) is 34.9 Å². The van der Waals surface area contributed by atoms with Gasteiger partial charge in [-0.05, 0) is 25.5 Å². The second-order valence-electron chi connectivity index (χ2n) is 4.27. The fraction of sp³-hybridized carbons (Fsp3) is 0.308. The molecule has 0 bridgehead atoms. The minimum atomic E-state index is -1.25. The lowest BCUT2D eigenvalue weighted by Gasteiger charge is -2.19. The molecule has 0 unspecified atom stereocenters. The van der Waals surface area contributed by atoms with Gasteiger partial charge in [0, 0.05) is 5.56 Å². The van der Waals surface area contributed by atoms with E-state index in [1.54, 1.807) is 25.1 Å². The Hall–Kier alpha value is -2.37. The number of rotatable bonds is 5. The summed E-state index contributed by atoms with van der Waals surface area (Å²) < 4.78 is 0. The first kappa shape index (κ1) is 14.7. The minimum Gasteiger partial charge on any atom is -0.480 e. The van der Waals surface area contributed by atoms with Crippen molar-refractivity contribution in [2.45, 2.75) is 13.8 Å². The summed E-state index contributed by atoms with van der Waals surface area (Å²) in [6.07, 6.45) is 0. The molecular formula is C13H15NO5. The first-order valence-electron chi connectivity index (χ1n) is 5.61. The second-order valence-corrected chi connectivity index (χ2v) is 4.27. The van der Waals surface area contributed by atoms with Gasteiger partial charge in [-0.1, -0.05) is 17.7 Å². The van der Waals surface area contributed by atoms with Gasteiger partial charge in [0.2, 0.25) is 0 Å². The van der Waals surface area contributed by atoms with E-state index in [4.69, 9.17) is 10.2 Å². The van der Waals surface area contributed by atoms with Gasteiger partial charge in [-0.15, -0.1) is 0 Å². The maximum absolute atomic E-state index is 12.1. The number of carboxylic acids is 2. The van der Waals surface area contributed by atoms with Crippen LogP contribution < -0.4 is 0 Å². The Kier molecular flexibility index (Phi) is 4.63. The van der Waals surface area contributed by atoms with Crippen LogP contribution in [-0.2, 0) is 9.59 Å². The molecular weight excluding hydrogens is 250 g/mol. The lowest BCUT2D eigenvalue weighted by Crippen LogP contribution is -2.39. The van der Waals surface area contributed by atoms with Crippen LogP contribution in [-0.4, -0.2) is 46.0 Å². The standard InChI is InChI=1S/C13H15NO5/c1-8-3-4-10(9(2)5-8)13(19)14(6-11(15)16)7-12(17)18/h3-5H,6-7H2,1-2H3,(H,15,16)(H,17,18). The topological polar surface area (TPSA) is 94.9 Å². The summed E-state index contributed by atoms with van der Waals surface area (Å²) in [6.45, 7) is 2.31. The molecule has 0 saturated carbocycles. The Balaban J connectivity index is 3.04. The Labute approximate surface area is 110 Å². The molecule has 6 nitrogen and oxygen atoms in total. The summed E-state index contributed by atoms with van der Waals surface area (Å²) in [7, 11) is 0. The molecule has 0 aromatic heterocycles. The molecule has 0 aliphatic heterocycles. The van der Waals surface area contributed by atoms with Gasteiger partial charge >= 0.3 is 11.9 Å². The predicted octanol–water partition coefficient (Wildman–Crippen LogP) is 0.915. The van der Waals surface area contributed by atoms with Crippen molar-refractivity contribution in [1.82, 2.24) is 4.90 Å². The van der Waals surface area contributed by atoms with Crippen molar-refractivity contribution in [2.24, 2.45) is 0 Å². The van der Waals surface area contributed by atoms with E-state index in [1.807, 2.05) is 6.92 Å². The highest BCUT2D eigenvalue weighted by Crippen LogP contribution is 2.13. The average Bonchev–Trinajstić information content (AvgIpc) is 2.26. The summed E-state index contributed by atoms with van der Waals surface area (Å²) in [5.74, 6) is -3.10. The van der Waals surface area contributed by atoms with Gasteiger partial charge in [-0.3, -0.25) is 14.4 Å². The van der Waals surface area contributed by atoms with Crippen molar-refractivity contribution in [1.29, 1.82) is 0 Å². The van der Waals surface area contributed by atoms with Gasteiger partial charge in [0.1, 0.15) is 13.1 Å². The molecule has 0 radical (unpaired) electrons. The third-order valence-electron chi connectivity index (χ3n) is 2.55. The van der Waals surface area contributed by atoms with Gasteiger partial charge in [0.15, 0.2) is 0 Å². The lowest BCUT2D eigenvalue weighted by atomic mass is 10.0. The molecule has 19 heavy (non-hydrogen) atoms. The quantitative estimate of drug-likeness (QED) is 0.825. The van der Waals surface area contributed by atoms with Gasteiger partial charge < -0.3 is 15.1 Å². The van der Waals surface area contributed by atoms with Gasteiger partial charge in [0.25, 0.3) is 5.91 Å². The number of carbonyl (C=O) groups excluding carboxylic acids is 1. The molecule has 2 N–H and O–H groups in total. The lowest BCUT2D eigenvalue weighted by molar-refractivity contribution is -0.140. The fourth-order valence-corrected chi connectivity index (χ4v) is 1.75. The number of benzene rings is 1. The number of nitrogens with zero attached hydrogens (tertiary/aromatic N) is 1. The number of aryl methyl sites for hydroxylation is 2. The predicted molar refractivity (Wildman–Crippen MR) is 67.1 cm³/mol. The summed E-state index contributed by atoms with van der Waals surface area (Å²) in [4.78, 5) is 34.3. The van der Waals surface area contributed by atoms with E-state index in [0.29, 0.717) is 11.1 Å². The van der Waals surface area contributed by atoms with Crippen LogP contribution in [0, 0.1) is 13.8 Å². The van der Waals surface area contributed by atoms with Crippen molar-refractivity contribution in [3.63, 3.8) is 0 Å². The van der Waals surface area contributed by atoms with Crippen LogP contribution in [0.2, 0.25) is 0 Å². The number of hydrogen-bond donors (Lipinski definition) is 2. The molecule has 0 aliphatic carbocycles. The average molecular weight is 265 g/mol. The van der Waals surface area contributed by atoms with E-state index in [2.05, 4.69) is 0 Å². The zero-order valence-corrected chi connectivity index (χ0v) is 10.7. The van der Waals surface area contributed by atoms with E-state index in [1.165, 1.54) is 0 Å². The third kappa shape index (κ3) is 4.09. The summed E-state index contributed by atoms with van der Waals surface area (Å²) >= 11 is 0. The fourth-order valence-electron chi connectivity index (χ4n) is 1.75. The molecule has 0 saturated heterocycles. The van der Waals surface area contributed by atoms with E-state index >= 15 is 0 Å². The third-order valence-corrected chi connectivity index (χ3v) is 2.55. The molecule has 1 amide bonds. The van der Waals surface area contributed by atoms with E-state index in [9.17, 15) is 14.4 Å². The van der Waals surface area contributed by atoms with Crippen molar-refractivity contribution >= 4 is 17.8 Å². The van der Waals surface area contributed by atoms with Crippen LogP contribution >= 0.6 is 0 Å². The minimum absolute atomic E-state index is 0.313. The molecule has 102 valence electrons. The monoisotopic (exact) mass is 265 g/mol. The van der Waals surface area contributed by atoms with Crippen molar-refractivity contribution in [2.75, 3.05) is 13.1 Å².